The Morgan fingerprint density at radius 3 is 2.21 bits per heavy atom. The number of aromatic nitrogens is 1. The summed E-state index contributed by atoms with van der Waals surface area (Å²) in [7, 11) is 0. The number of rotatable bonds is 1. The molecule has 126 valence electrons. The summed E-state index contributed by atoms with van der Waals surface area (Å²) in [5.74, 6) is 0. The van der Waals surface area contributed by atoms with Gasteiger partial charge in [0.2, 0.25) is 0 Å². The second kappa shape index (κ2) is 5.48. The zero-order valence-corrected chi connectivity index (χ0v) is 14.3. The highest BCUT2D eigenvalue weighted by atomic mass is 32.1. The van der Waals surface area contributed by atoms with Crippen molar-refractivity contribution in [1.82, 2.24) is 4.98 Å². The van der Waals surface area contributed by atoms with Crippen LogP contribution in [-0.4, -0.2) is 4.98 Å². The van der Waals surface area contributed by atoms with Crippen LogP contribution in [0.4, 0.5) is 18.9 Å². The van der Waals surface area contributed by atoms with Gasteiger partial charge in [-0.3, -0.25) is 0 Å². The molecule has 0 atom stereocenters. The normalized spacial score (nSPS) is 12.8. The highest BCUT2D eigenvalue weighted by Crippen LogP contribution is 2.41. The lowest BCUT2D eigenvalue weighted by atomic mass is 9.86. The number of thiophene rings is 1. The molecule has 0 aliphatic carbocycles. The smallest absolute Gasteiger partial charge is 0.397 e. The van der Waals surface area contributed by atoms with E-state index in [1.54, 1.807) is 0 Å². The van der Waals surface area contributed by atoms with Crippen LogP contribution in [0.15, 0.2) is 35.7 Å². The Balaban J connectivity index is 2.17. The van der Waals surface area contributed by atoms with Crippen LogP contribution in [0.3, 0.4) is 0 Å². The lowest BCUT2D eigenvalue weighted by Gasteiger charge is -2.19. The summed E-state index contributed by atoms with van der Waals surface area (Å²) in [6.07, 6.45) is -4.48. The summed E-state index contributed by atoms with van der Waals surface area (Å²) in [5.41, 5.74) is 7.13. The first kappa shape index (κ1) is 16.8. The van der Waals surface area contributed by atoms with Crippen molar-refractivity contribution in [3.8, 4) is 11.3 Å². The number of nitrogen functional groups attached to an aromatic ring is 1. The van der Waals surface area contributed by atoms with Crippen LogP contribution in [0, 0.1) is 0 Å². The standard InChI is InChI=1S/C18H17F3N2S/c1-17(2,3)11-6-4-10(5-7-11)14-8-12(18(19,20)21)15-13(22)9-24-16(15)23-14/h4-9H,22H2,1-3H3. The molecule has 3 aromatic rings. The van der Waals surface area contributed by atoms with Crippen LogP contribution in [0.2, 0.25) is 0 Å². The Kier molecular flexibility index (Phi) is 3.83. The number of nitrogens with two attached hydrogens (primary N) is 1. The highest BCUT2D eigenvalue weighted by molar-refractivity contribution is 7.17. The summed E-state index contributed by atoms with van der Waals surface area (Å²) in [6.45, 7) is 6.26. The average Bonchev–Trinajstić information content (AvgIpc) is 2.86. The summed E-state index contributed by atoms with van der Waals surface area (Å²) in [5, 5.41) is 1.49. The molecule has 0 bridgehead atoms. The van der Waals surface area contributed by atoms with Gasteiger partial charge in [-0.2, -0.15) is 13.2 Å². The van der Waals surface area contributed by atoms with Gasteiger partial charge in [0, 0.05) is 16.3 Å². The van der Waals surface area contributed by atoms with Gasteiger partial charge >= 0.3 is 6.18 Å². The van der Waals surface area contributed by atoms with Crippen LogP contribution in [-0.2, 0) is 11.6 Å². The van der Waals surface area contributed by atoms with E-state index in [0.717, 1.165) is 23.0 Å². The Bertz CT molecular complexity index is 887. The number of nitrogens with zero attached hydrogens (tertiary/aromatic N) is 1. The van der Waals surface area contributed by atoms with E-state index in [1.165, 1.54) is 5.38 Å². The first-order valence-electron chi connectivity index (χ1n) is 7.43. The predicted octanol–water partition coefficient (Wildman–Crippen LogP) is 5.86. The molecule has 2 aromatic heterocycles. The fourth-order valence-corrected chi connectivity index (χ4v) is 3.43. The molecule has 24 heavy (non-hydrogen) atoms. The van der Waals surface area contributed by atoms with Crippen molar-refractivity contribution in [2.45, 2.75) is 32.4 Å². The number of halogens is 3. The van der Waals surface area contributed by atoms with Gasteiger partial charge in [-0.1, -0.05) is 45.0 Å². The third-order valence-electron chi connectivity index (χ3n) is 3.92. The molecule has 0 spiro atoms. The number of alkyl halides is 3. The molecule has 1 aromatic carbocycles. The summed E-state index contributed by atoms with van der Waals surface area (Å²) in [6, 6.07) is 8.56. The fourth-order valence-electron chi connectivity index (χ4n) is 2.58. The molecule has 0 radical (unpaired) electrons. The first-order valence-corrected chi connectivity index (χ1v) is 8.31. The quantitative estimate of drug-likeness (QED) is 0.597. The minimum atomic E-state index is -4.48. The Hall–Kier alpha value is -2.08. The van der Waals surface area contributed by atoms with E-state index < -0.39 is 11.7 Å². The maximum atomic E-state index is 13.4. The van der Waals surface area contributed by atoms with E-state index in [2.05, 4.69) is 25.8 Å². The van der Waals surface area contributed by atoms with Crippen LogP contribution in [0.25, 0.3) is 21.5 Å². The van der Waals surface area contributed by atoms with E-state index in [1.807, 2.05) is 24.3 Å². The monoisotopic (exact) mass is 350 g/mol. The van der Waals surface area contributed by atoms with E-state index >= 15 is 0 Å². The number of anilines is 1. The van der Waals surface area contributed by atoms with Crippen LogP contribution >= 0.6 is 11.3 Å². The second-order valence-corrected chi connectivity index (χ2v) is 7.61. The topological polar surface area (TPSA) is 38.9 Å². The van der Waals surface area contributed by atoms with Gasteiger partial charge in [0.15, 0.2) is 0 Å². The molecular formula is C18H17F3N2S. The van der Waals surface area contributed by atoms with Gasteiger partial charge in [-0.05, 0) is 17.0 Å². The van der Waals surface area contributed by atoms with E-state index in [-0.39, 0.29) is 16.5 Å². The van der Waals surface area contributed by atoms with Crippen molar-refractivity contribution in [3.05, 3.63) is 46.8 Å². The third kappa shape index (κ3) is 2.98. The van der Waals surface area contributed by atoms with Crippen molar-refractivity contribution in [2.24, 2.45) is 0 Å². The summed E-state index contributed by atoms with van der Waals surface area (Å²) < 4.78 is 40.2. The van der Waals surface area contributed by atoms with Crippen molar-refractivity contribution in [2.75, 3.05) is 5.73 Å². The average molecular weight is 350 g/mol. The zero-order valence-electron chi connectivity index (χ0n) is 13.5. The molecular weight excluding hydrogens is 333 g/mol. The molecule has 0 unspecified atom stereocenters. The summed E-state index contributed by atoms with van der Waals surface area (Å²) >= 11 is 1.12. The van der Waals surface area contributed by atoms with Gasteiger partial charge < -0.3 is 5.73 Å². The van der Waals surface area contributed by atoms with Crippen molar-refractivity contribution >= 4 is 27.2 Å². The predicted molar refractivity (Wildman–Crippen MR) is 93.2 cm³/mol. The SMILES string of the molecule is CC(C)(C)c1ccc(-c2cc(C(F)(F)F)c3c(N)csc3n2)cc1. The molecule has 2 heterocycles. The Labute approximate surface area is 142 Å². The van der Waals surface area contributed by atoms with Gasteiger partial charge in [0.1, 0.15) is 4.83 Å². The van der Waals surface area contributed by atoms with Gasteiger partial charge in [0.25, 0.3) is 0 Å². The minimum absolute atomic E-state index is 0.0115. The molecule has 6 heteroatoms. The molecule has 0 amide bonds. The molecule has 0 saturated heterocycles. The van der Waals surface area contributed by atoms with Gasteiger partial charge in [-0.25, -0.2) is 4.98 Å². The number of hydrogen-bond donors (Lipinski definition) is 1. The summed E-state index contributed by atoms with van der Waals surface area (Å²) in [4.78, 5) is 4.67. The molecule has 0 aliphatic heterocycles. The van der Waals surface area contributed by atoms with E-state index in [0.29, 0.717) is 16.1 Å². The van der Waals surface area contributed by atoms with Crippen molar-refractivity contribution < 1.29 is 13.2 Å². The first-order chi connectivity index (χ1) is 11.1. The second-order valence-electron chi connectivity index (χ2n) is 6.75. The lowest BCUT2D eigenvalue weighted by Crippen LogP contribution is -2.10. The Morgan fingerprint density at radius 1 is 1.04 bits per heavy atom. The fraction of sp³-hybridized carbons (Fsp3) is 0.278. The molecule has 2 nitrogen and oxygen atoms in total. The van der Waals surface area contributed by atoms with Crippen molar-refractivity contribution in [1.29, 1.82) is 0 Å². The number of benzene rings is 1. The maximum Gasteiger partial charge on any atom is 0.417 e. The van der Waals surface area contributed by atoms with Gasteiger partial charge in [0.05, 0.1) is 16.9 Å². The lowest BCUT2D eigenvalue weighted by molar-refractivity contribution is -0.136. The molecule has 3 rings (SSSR count). The molecule has 0 fully saturated rings. The van der Waals surface area contributed by atoms with Crippen LogP contribution in [0.1, 0.15) is 31.9 Å². The highest BCUT2D eigenvalue weighted by Gasteiger charge is 2.35. The number of hydrogen-bond acceptors (Lipinski definition) is 3. The van der Waals surface area contributed by atoms with E-state index in [4.69, 9.17) is 5.73 Å². The molecule has 0 aliphatic rings. The third-order valence-corrected chi connectivity index (χ3v) is 4.82. The molecule has 2 N–H and O–H groups in total. The maximum absolute atomic E-state index is 13.4. The number of fused-ring (bicyclic) bond motifs is 1. The van der Waals surface area contributed by atoms with Crippen LogP contribution in [0.5, 0.6) is 0 Å². The molecule has 0 saturated carbocycles. The largest absolute Gasteiger partial charge is 0.417 e. The van der Waals surface area contributed by atoms with Gasteiger partial charge in [-0.15, -0.1) is 11.3 Å². The van der Waals surface area contributed by atoms with Crippen molar-refractivity contribution in [3.63, 3.8) is 0 Å². The van der Waals surface area contributed by atoms with Crippen LogP contribution < -0.4 is 5.73 Å². The van der Waals surface area contributed by atoms with E-state index in [9.17, 15) is 13.2 Å². The number of pyridine rings is 1. The zero-order chi connectivity index (χ0) is 17.7. The minimum Gasteiger partial charge on any atom is -0.397 e. The Morgan fingerprint density at radius 2 is 1.67 bits per heavy atom.